The molecule has 1 aromatic heterocycles. The van der Waals surface area contributed by atoms with Gasteiger partial charge in [-0.25, -0.2) is 8.42 Å². The number of hydrogen-bond donors (Lipinski definition) is 0. The first-order valence-electron chi connectivity index (χ1n) is 11.5. The molecule has 0 aliphatic rings. The summed E-state index contributed by atoms with van der Waals surface area (Å²) in [5, 5.41) is 0. The van der Waals surface area contributed by atoms with Crippen molar-refractivity contribution in [3.63, 3.8) is 0 Å². The van der Waals surface area contributed by atoms with Gasteiger partial charge in [0.15, 0.2) is 4.80 Å². The SMILES string of the molecule is C#CCn1c(=NC(=O)c2ccc(S(=O)(=O)N(CC)Cc3ccccc3)cc2)sc2cc(C)c(C)cc21. The number of fused-ring (bicyclic) bond motifs is 1. The van der Waals surface area contributed by atoms with E-state index < -0.39 is 15.9 Å². The van der Waals surface area contributed by atoms with E-state index in [0.717, 1.165) is 26.9 Å². The molecule has 0 spiro atoms. The van der Waals surface area contributed by atoms with Crippen LogP contribution in [0.15, 0.2) is 76.6 Å². The number of carbonyl (C=O) groups is 1. The van der Waals surface area contributed by atoms with E-state index >= 15 is 0 Å². The Labute approximate surface area is 215 Å². The summed E-state index contributed by atoms with van der Waals surface area (Å²) in [6.07, 6.45) is 5.58. The van der Waals surface area contributed by atoms with Gasteiger partial charge in [-0.3, -0.25) is 4.79 Å². The molecule has 0 aliphatic heterocycles. The zero-order chi connectivity index (χ0) is 25.9. The first-order valence-corrected chi connectivity index (χ1v) is 13.8. The van der Waals surface area contributed by atoms with Crippen LogP contribution in [0.5, 0.6) is 0 Å². The van der Waals surface area contributed by atoms with Crippen molar-refractivity contribution in [2.75, 3.05) is 6.54 Å². The van der Waals surface area contributed by atoms with Gasteiger partial charge in [0.05, 0.1) is 21.7 Å². The van der Waals surface area contributed by atoms with Crippen molar-refractivity contribution in [1.29, 1.82) is 0 Å². The fraction of sp³-hybridized carbons (Fsp3) is 0.214. The molecule has 0 fully saturated rings. The highest BCUT2D eigenvalue weighted by atomic mass is 32.2. The van der Waals surface area contributed by atoms with Crippen molar-refractivity contribution in [1.82, 2.24) is 8.87 Å². The van der Waals surface area contributed by atoms with Gasteiger partial charge in [0.25, 0.3) is 5.91 Å². The molecule has 36 heavy (non-hydrogen) atoms. The average Bonchev–Trinajstić information content (AvgIpc) is 3.19. The van der Waals surface area contributed by atoms with Crippen molar-refractivity contribution in [2.45, 2.75) is 38.8 Å². The van der Waals surface area contributed by atoms with Crippen LogP contribution in [0.2, 0.25) is 0 Å². The third kappa shape index (κ3) is 5.19. The lowest BCUT2D eigenvalue weighted by Crippen LogP contribution is -2.30. The van der Waals surface area contributed by atoms with Crippen LogP contribution >= 0.6 is 11.3 Å². The van der Waals surface area contributed by atoms with Crippen LogP contribution in [0.4, 0.5) is 0 Å². The topological polar surface area (TPSA) is 71.7 Å². The second-order valence-corrected chi connectivity index (χ2v) is 11.4. The molecule has 0 saturated heterocycles. The van der Waals surface area contributed by atoms with Crippen LogP contribution in [0, 0.1) is 26.2 Å². The van der Waals surface area contributed by atoms with E-state index in [1.807, 2.05) is 48.7 Å². The predicted molar refractivity (Wildman–Crippen MR) is 144 cm³/mol. The van der Waals surface area contributed by atoms with Gasteiger partial charge < -0.3 is 4.57 Å². The molecule has 1 amide bonds. The third-order valence-corrected chi connectivity index (χ3v) is 9.01. The zero-order valence-corrected chi connectivity index (χ0v) is 22.1. The summed E-state index contributed by atoms with van der Waals surface area (Å²) in [5.41, 5.74) is 4.43. The molecule has 6 nitrogen and oxygen atoms in total. The monoisotopic (exact) mass is 517 g/mol. The minimum absolute atomic E-state index is 0.132. The number of carbonyl (C=O) groups excluding carboxylic acids is 1. The van der Waals surface area contributed by atoms with E-state index in [2.05, 4.69) is 23.0 Å². The molecule has 8 heteroatoms. The Balaban J connectivity index is 1.64. The molecule has 4 aromatic rings. The van der Waals surface area contributed by atoms with Crippen LogP contribution in [-0.4, -0.2) is 29.7 Å². The van der Waals surface area contributed by atoms with Crippen molar-refractivity contribution in [3.05, 3.63) is 93.8 Å². The highest BCUT2D eigenvalue weighted by Crippen LogP contribution is 2.23. The smallest absolute Gasteiger partial charge is 0.279 e. The summed E-state index contributed by atoms with van der Waals surface area (Å²) in [7, 11) is -3.72. The summed E-state index contributed by atoms with van der Waals surface area (Å²) < 4.78 is 30.7. The Morgan fingerprint density at radius 3 is 2.36 bits per heavy atom. The minimum atomic E-state index is -3.72. The number of amides is 1. The number of sulfonamides is 1. The molecule has 0 bridgehead atoms. The Morgan fingerprint density at radius 2 is 1.72 bits per heavy atom. The van der Waals surface area contributed by atoms with Crippen molar-refractivity contribution < 1.29 is 13.2 Å². The largest absolute Gasteiger partial charge is 0.305 e. The van der Waals surface area contributed by atoms with Gasteiger partial charge in [0.1, 0.15) is 0 Å². The van der Waals surface area contributed by atoms with E-state index in [0.29, 0.717) is 23.5 Å². The number of rotatable bonds is 7. The Morgan fingerprint density at radius 1 is 1.06 bits per heavy atom. The normalized spacial score (nSPS) is 12.2. The highest BCUT2D eigenvalue weighted by Gasteiger charge is 2.23. The lowest BCUT2D eigenvalue weighted by molar-refractivity contribution is 0.0998. The number of hydrogen-bond acceptors (Lipinski definition) is 4. The third-order valence-electron chi connectivity index (χ3n) is 6.04. The van der Waals surface area contributed by atoms with Crippen LogP contribution in [0.1, 0.15) is 34.0 Å². The minimum Gasteiger partial charge on any atom is -0.305 e. The summed E-state index contributed by atoms with van der Waals surface area (Å²) in [5.74, 6) is 2.18. The van der Waals surface area contributed by atoms with Crippen LogP contribution in [-0.2, 0) is 23.1 Å². The number of aryl methyl sites for hydroxylation is 2. The van der Waals surface area contributed by atoms with E-state index in [1.54, 1.807) is 6.92 Å². The fourth-order valence-corrected chi connectivity index (χ4v) is 6.42. The maximum atomic E-state index is 13.2. The molecule has 0 atom stereocenters. The summed E-state index contributed by atoms with van der Waals surface area (Å²) >= 11 is 1.40. The maximum absolute atomic E-state index is 13.2. The average molecular weight is 518 g/mol. The molecular weight excluding hydrogens is 490 g/mol. The number of nitrogens with zero attached hydrogens (tertiary/aromatic N) is 3. The van der Waals surface area contributed by atoms with Crippen LogP contribution < -0.4 is 4.80 Å². The fourth-order valence-electron chi connectivity index (χ4n) is 3.87. The quantitative estimate of drug-likeness (QED) is 0.327. The Kier molecular flexibility index (Phi) is 7.55. The second-order valence-electron chi connectivity index (χ2n) is 8.44. The molecule has 0 radical (unpaired) electrons. The zero-order valence-electron chi connectivity index (χ0n) is 20.4. The number of benzene rings is 3. The van der Waals surface area contributed by atoms with Crippen LogP contribution in [0.25, 0.3) is 10.2 Å². The molecule has 0 saturated carbocycles. The van der Waals surface area contributed by atoms with Gasteiger partial charge in [-0.15, -0.1) is 6.42 Å². The standard InChI is InChI=1S/C28H27N3O3S2/c1-5-16-31-25-17-20(3)21(4)18-26(25)35-28(31)29-27(32)23-12-14-24(15-13-23)36(33,34)30(6-2)19-22-10-8-7-9-11-22/h1,7-15,17-18H,6,16,19H2,2-4H3. The van der Waals surface area contributed by atoms with Crippen molar-refractivity contribution >= 4 is 37.5 Å². The maximum Gasteiger partial charge on any atom is 0.279 e. The predicted octanol–water partition coefficient (Wildman–Crippen LogP) is 4.90. The lowest BCUT2D eigenvalue weighted by Gasteiger charge is -2.20. The number of terminal acetylenes is 1. The van der Waals surface area contributed by atoms with Gasteiger partial charge in [-0.05, 0) is 66.9 Å². The first-order chi connectivity index (χ1) is 17.2. The molecule has 0 unspecified atom stereocenters. The van der Waals surface area contributed by atoms with Gasteiger partial charge in [0, 0.05) is 18.7 Å². The summed E-state index contributed by atoms with van der Waals surface area (Å²) in [6.45, 7) is 6.76. The molecule has 184 valence electrons. The van der Waals surface area contributed by atoms with Crippen molar-refractivity contribution in [3.8, 4) is 12.3 Å². The molecular formula is C28H27N3O3S2. The van der Waals surface area contributed by atoms with Gasteiger partial charge in [0.2, 0.25) is 10.0 Å². The summed E-state index contributed by atoms with van der Waals surface area (Å²) in [6, 6.07) is 19.5. The summed E-state index contributed by atoms with van der Waals surface area (Å²) in [4.78, 5) is 18.0. The molecule has 0 aliphatic carbocycles. The molecule has 4 rings (SSSR count). The molecule has 1 heterocycles. The molecule has 0 N–H and O–H groups in total. The van der Waals surface area contributed by atoms with Gasteiger partial charge in [-0.2, -0.15) is 9.30 Å². The van der Waals surface area contributed by atoms with Crippen LogP contribution in [0.3, 0.4) is 0 Å². The van der Waals surface area contributed by atoms with E-state index in [4.69, 9.17) is 6.42 Å². The Hall–Kier alpha value is -3.51. The number of thiazole rings is 1. The van der Waals surface area contributed by atoms with E-state index in [-0.39, 0.29) is 11.4 Å². The van der Waals surface area contributed by atoms with E-state index in [1.165, 1.54) is 39.9 Å². The first kappa shape index (κ1) is 25.6. The number of aromatic nitrogens is 1. The van der Waals surface area contributed by atoms with Crippen molar-refractivity contribution in [2.24, 2.45) is 4.99 Å². The highest BCUT2D eigenvalue weighted by molar-refractivity contribution is 7.89. The Bertz CT molecular complexity index is 1630. The molecule has 3 aromatic carbocycles. The van der Waals surface area contributed by atoms with Gasteiger partial charge >= 0.3 is 0 Å². The van der Waals surface area contributed by atoms with E-state index in [9.17, 15) is 13.2 Å². The lowest BCUT2D eigenvalue weighted by atomic mass is 10.1. The van der Waals surface area contributed by atoms with Gasteiger partial charge in [-0.1, -0.05) is 54.5 Å². The second kappa shape index (κ2) is 10.6.